The summed E-state index contributed by atoms with van der Waals surface area (Å²) < 4.78 is 5.03. The standard InChI is InChI=1S/C19H23N3O3/c1-4-22(5-2)15-11-14(12-20-13-15)18(23)21-17-10-8-7-9-16(17)19(24)25-6-3/h7-13H,4-6H2,1-3H3,(H,21,23). The van der Waals surface area contributed by atoms with Crippen LogP contribution in [-0.4, -0.2) is 36.6 Å². The van der Waals surface area contributed by atoms with Gasteiger partial charge in [0.2, 0.25) is 0 Å². The van der Waals surface area contributed by atoms with Crippen LogP contribution in [0.1, 0.15) is 41.5 Å². The van der Waals surface area contributed by atoms with Gasteiger partial charge in [-0.15, -0.1) is 0 Å². The molecule has 6 heteroatoms. The molecule has 1 amide bonds. The van der Waals surface area contributed by atoms with E-state index in [0.29, 0.717) is 16.8 Å². The lowest BCUT2D eigenvalue weighted by Gasteiger charge is -2.21. The largest absolute Gasteiger partial charge is 0.462 e. The number of pyridine rings is 1. The molecule has 0 aliphatic heterocycles. The van der Waals surface area contributed by atoms with E-state index >= 15 is 0 Å². The number of rotatable bonds is 7. The van der Waals surface area contributed by atoms with Gasteiger partial charge in [0, 0.05) is 19.3 Å². The quantitative estimate of drug-likeness (QED) is 0.782. The van der Waals surface area contributed by atoms with E-state index in [1.807, 2.05) is 13.8 Å². The molecule has 0 bridgehead atoms. The van der Waals surface area contributed by atoms with Crippen molar-refractivity contribution in [3.63, 3.8) is 0 Å². The summed E-state index contributed by atoms with van der Waals surface area (Å²) in [7, 11) is 0. The van der Waals surface area contributed by atoms with Crippen molar-refractivity contribution in [3.05, 3.63) is 53.9 Å². The Hall–Kier alpha value is -2.89. The van der Waals surface area contributed by atoms with E-state index in [1.165, 1.54) is 6.20 Å². The molecule has 0 radical (unpaired) electrons. The van der Waals surface area contributed by atoms with Crippen LogP contribution in [0.25, 0.3) is 0 Å². The van der Waals surface area contributed by atoms with Gasteiger partial charge in [-0.25, -0.2) is 4.79 Å². The van der Waals surface area contributed by atoms with Crippen LogP contribution in [0.2, 0.25) is 0 Å². The molecule has 2 aromatic rings. The van der Waals surface area contributed by atoms with Crippen LogP contribution in [0, 0.1) is 0 Å². The van der Waals surface area contributed by atoms with Gasteiger partial charge in [-0.05, 0) is 39.0 Å². The molecular formula is C19H23N3O3. The Balaban J connectivity index is 2.23. The first-order valence-electron chi connectivity index (χ1n) is 8.38. The zero-order chi connectivity index (χ0) is 18.2. The van der Waals surface area contributed by atoms with E-state index in [9.17, 15) is 9.59 Å². The van der Waals surface area contributed by atoms with Gasteiger partial charge >= 0.3 is 5.97 Å². The number of carbonyl (C=O) groups is 2. The minimum absolute atomic E-state index is 0.275. The summed E-state index contributed by atoms with van der Waals surface area (Å²) in [6.07, 6.45) is 3.24. The first kappa shape index (κ1) is 18.4. The summed E-state index contributed by atoms with van der Waals surface area (Å²) >= 11 is 0. The van der Waals surface area contributed by atoms with Gasteiger partial charge in [0.1, 0.15) is 0 Å². The number of para-hydroxylation sites is 1. The van der Waals surface area contributed by atoms with Crippen LogP contribution >= 0.6 is 0 Å². The highest BCUT2D eigenvalue weighted by molar-refractivity contribution is 6.08. The highest BCUT2D eigenvalue weighted by Crippen LogP contribution is 2.19. The van der Waals surface area contributed by atoms with Crippen LogP contribution in [0.3, 0.4) is 0 Å². The van der Waals surface area contributed by atoms with Crippen molar-refractivity contribution in [1.29, 1.82) is 0 Å². The van der Waals surface area contributed by atoms with Gasteiger partial charge in [-0.3, -0.25) is 9.78 Å². The molecule has 6 nitrogen and oxygen atoms in total. The third-order valence-electron chi connectivity index (χ3n) is 3.79. The van der Waals surface area contributed by atoms with Crippen LogP contribution < -0.4 is 10.2 Å². The lowest BCUT2D eigenvalue weighted by Crippen LogP contribution is -2.23. The molecule has 0 saturated heterocycles. The van der Waals surface area contributed by atoms with Crippen LogP contribution in [0.4, 0.5) is 11.4 Å². The molecule has 0 aliphatic carbocycles. The molecular weight excluding hydrogens is 318 g/mol. The van der Waals surface area contributed by atoms with E-state index in [1.54, 1.807) is 43.5 Å². The van der Waals surface area contributed by atoms with Gasteiger partial charge in [-0.2, -0.15) is 0 Å². The number of nitrogens with zero attached hydrogens (tertiary/aromatic N) is 2. The lowest BCUT2D eigenvalue weighted by molar-refractivity contribution is 0.0527. The fourth-order valence-electron chi connectivity index (χ4n) is 2.49. The number of amides is 1. The number of nitrogens with one attached hydrogen (secondary N) is 1. The van der Waals surface area contributed by atoms with Crippen LogP contribution in [0.5, 0.6) is 0 Å². The predicted octanol–water partition coefficient (Wildman–Crippen LogP) is 3.36. The summed E-state index contributed by atoms with van der Waals surface area (Å²) in [5.41, 5.74) is 2.06. The first-order chi connectivity index (χ1) is 12.1. The molecule has 1 aromatic heterocycles. The maximum atomic E-state index is 12.6. The topological polar surface area (TPSA) is 71.5 Å². The van der Waals surface area contributed by atoms with Crippen molar-refractivity contribution >= 4 is 23.3 Å². The smallest absolute Gasteiger partial charge is 0.340 e. The van der Waals surface area contributed by atoms with E-state index < -0.39 is 5.97 Å². The highest BCUT2D eigenvalue weighted by Gasteiger charge is 2.15. The molecule has 0 atom stereocenters. The third kappa shape index (κ3) is 4.56. The van der Waals surface area contributed by atoms with E-state index in [4.69, 9.17) is 4.74 Å². The summed E-state index contributed by atoms with van der Waals surface area (Å²) in [5, 5.41) is 2.77. The van der Waals surface area contributed by atoms with Gasteiger partial charge in [0.05, 0.1) is 35.3 Å². The number of benzene rings is 1. The summed E-state index contributed by atoms with van der Waals surface area (Å²) in [5.74, 6) is -0.785. The summed E-state index contributed by atoms with van der Waals surface area (Å²) in [6.45, 7) is 7.77. The zero-order valence-corrected chi connectivity index (χ0v) is 14.8. The average Bonchev–Trinajstić information content (AvgIpc) is 2.63. The van der Waals surface area contributed by atoms with Gasteiger partial charge in [-0.1, -0.05) is 12.1 Å². The number of ether oxygens (including phenoxy) is 1. The molecule has 2 rings (SSSR count). The molecule has 1 heterocycles. The van der Waals surface area contributed by atoms with Crippen molar-refractivity contribution in [1.82, 2.24) is 4.98 Å². The first-order valence-corrected chi connectivity index (χ1v) is 8.38. The second-order valence-electron chi connectivity index (χ2n) is 5.32. The molecule has 0 fully saturated rings. The molecule has 0 aliphatic rings. The summed E-state index contributed by atoms with van der Waals surface area (Å²) in [6, 6.07) is 8.57. The second-order valence-corrected chi connectivity index (χ2v) is 5.32. The molecule has 0 unspecified atom stereocenters. The SMILES string of the molecule is CCOC(=O)c1ccccc1NC(=O)c1cncc(N(CC)CC)c1. The lowest BCUT2D eigenvalue weighted by atomic mass is 10.1. The zero-order valence-electron chi connectivity index (χ0n) is 14.8. The van der Waals surface area contributed by atoms with Gasteiger partial charge in [0.15, 0.2) is 0 Å². The number of aromatic nitrogens is 1. The van der Waals surface area contributed by atoms with Crippen LogP contribution in [-0.2, 0) is 4.74 Å². The molecule has 132 valence electrons. The Bertz CT molecular complexity index is 742. The predicted molar refractivity (Wildman–Crippen MR) is 98.1 cm³/mol. The van der Waals surface area contributed by atoms with Crippen molar-refractivity contribution < 1.29 is 14.3 Å². The number of anilines is 2. The Labute approximate surface area is 147 Å². The maximum absolute atomic E-state index is 12.6. The van der Waals surface area contributed by atoms with Gasteiger partial charge in [0.25, 0.3) is 5.91 Å². The number of hydrogen-bond donors (Lipinski definition) is 1. The minimum atomic E-state index is -0.464. The van der Waals surface area contributed by atoms with Crippen molar-refractivity contribution in [2.45, 2.75) is 20.8 Å². The number of hydrogen-bond acceptors (Lipinski definition) is 5. The van der Waals surface area contributed by atoms with Crippen LogP contribution in [0.15, 0.2) is 42.7 Å². The average molecular weight is 341 g/mol. The monoisotopic (exact) mass is 341 g/mol. The molecule has 0 saturated carbocycles. The maximum Gasteiger partial charge on any atom is 0.340 e. The molecule has 0 spiro atoms. The molecule has 1 N–H and O–H groups in total. The van der Waals surface area contributed by atoms with E-state index in [2.05, 4.69) is 15.2 Å². The fourth-order valence-corrected chi connectivity index (χ4v) is 2.49. The fraction of sp³-hybridized carbons (Fsp3) is 0.316. The third-order valence-corrected chi connectivity index (χ3v) is 3.79. The van der Waals surface area contributed by atoms with E-state index in [0.717, 1.165) is 18.8 Å². The highest BCUT2D eigenvalue weighted by atomic mass is 16.5. The molecule has 1 aromatic carbocycles. The summed E-state index contributed by atoms with van der Waals surface area (Å²) in [4.78, 5) is 30.9. The Morgan fingerprint density at radius 1 is 1.12 bits per heavy atom. The number of esters is 1. The van der Waals surface area contributed by atoms with Gasteiger partial charge < -0.3 is 15.0 Å². The van der Waals surface area contributed by atoms with E-state index in [-0.39, 0.29) is 12.5 Å². The minimum Gasteiger partial charge on any atom is -0.462 e. The van der Waals surface area contributed by atoms with Crippen molar-refractivity contribution in [3.8, 4) is 0 Å². The van der Waals surface area contributed by atoms with Crippen molar-refractivity contribution in [2.75, 3.05) is 29.9 Å². The Kier molecular flexibility index (Phi) is 6.51. The molecule has 25 heavy (non-hydrogen) atoms. The normalized spacial score (nSPS) is 10.2. The van der Waals surface area contributed by atoms with Crippen molar-refractivity contribution in [2.24, 2.45) is 0 Å². The Morgan fingerprint density at radius 2 is 1.84 bits per heavy atom. The Morgan fingerprint density at radius 3 is 2.52 bits per heavy atom. The second kappa shape index (κ2) is 8.82. The number of carbonyl (C=O) groups excluding carboxylic acids is 2.